The molecule has 0 aromatic carbocycles. The van der Waals surface area contributed by atoms with Crippen molar-refractivity contribution in [3.63, 3.8) is 0 Å². The van der Waals surface area contributed by atoms with Gasteiger partial charge in [-0.3, -0.25) is 0 Å². The van der Waals surface area contributed by atoms with Crippen molar-refractivity contribution in [2.45, 2.75) is 25.3 Å². The first-order valence-electron chi connectivity index (χ1n) is 6.35. The van der Waals surface area contributed by atoms with Crippen molar-refractivity contribution in [3.8, 4) is 0 Å². The summed E-state index contributed by atoms with van der Waals surface area (Å²) in [6.07, 6.45) is 2.83. The zero-order valence-corrected chi connectivity index (χ0v) is 11.2. The molecule has 0 aromatic heterocycles. The minimum atomic E-state index is -3.10. The third kappa shape index (κ3) is 3.19. The molecule has 0 bridgehead atoms. The number of nitrogens with one attached hydrogen (secondary N) is 1. The topological polar surface area (TPSA) is 58.6 Å². The van der Waals surface area contributed by atoms with Gasteiger partial charge in [0.15, 0.2) is 0 Å². The normalized spacial score (nSPS) is 31.1. The molecule has 2 unspecified atom stereocenters. The summed E-state index contributed by atoms with van der Waals surface area (Å²) in [5.74, 6) is 0.448. The Bertz CT molecular complexity index is 339. The van der Waals surface area contributed by atoms with Crippen LogP contribution in [0.5, 0.6) is 0 Å². The average Bonchev–Trinajstić information content (AvgIpc) is 2.88. The predicted octanol–water partition coefficient (Wildman–Crippen LogP) is 0.0365. The monoisotopic (exact) mass is 262 g/mol. The van der Waals surface area contributed by atoms with Gasteiger partial charge < -0.3 is 10.1 Å². The molecule has 0 radical (unpaired) electrons. The Kier molecular flexibility index (Phi) is 4.41. The number of ether oxygens (including phenoxy) is 1. The van der Waals surface area contributed by atoms with Gasteiger partial charge in [-0.1, -0.05) is 0 Å². The van der Waals surface area contributed by atoms with Crippen LogP contribution in [0.15, 0.2) is 0 Å². The summed E-state index contributed by atoms with van der Waals surface area (Å²) < 4.78 is 31.6. The lowest BCUT2D eigenvalue weighted by Crippen LogP contribution is -2.43. The summed E-state index contributed by atoms with van der Waals surface area (Å²) in [4.78, 5) is 0. The number of likely N-dealkylation sites (N-methyl/N-ethyl adjacent to an activating group) is 1. The molecule has 2 rings (SSSR count). The van der Waals surface area contributed by atoms with Crippen LogP contribution in [0, 0.1) is 5.92 Å². The summed E-state index contributed by atoms with van der Waals surface area (Å²) in [5, 5.41) is 3.07. The van der Waals surface area contributed by atoms with E-state index in [1.165, 1.54) is 0 Å². The quantitative estimate of drug-likeness (QED) is 0.760. The summed E-state index contributed by atoms with van der Waals surface area (Å²) in [6.45, 7) is 2.74. The van der Waals surface area contributed by atoms with Crippen LogP contribution in [-0.2, 0) is 14.8 Å². The van der Waals surface area contributed by atoms with Crippen molar-refractivity contribution < 1.29 is 13.2 Å². The first-order valence-corrected chi connectivity index (χ1v) is 7.96. The molecule has 0 aromatic rings. The average molecular weight is 262 g/mol. The lowest BCUT2D eigenvalue weighted by Gasteiger charge is -2.25. The lowest BCUT2D eigenvalue weighted by molar-refractivity contribution is 0.188. The van der Waals surface area contributed by atoms with Crippen LogP contribution in [-0.4, -0.2) is 57.9 Å². The highest BCUT2D eigenvalue weighted by molar-refractivity contribution is 7.89. The molecule has 17 heavy (non-hydrogen) atoms. The lowest BCUT2D eigenvalue weighted by atomic mass is 10.2. The van der Waals surface area contributed by atoms with Gasteiger partial charge in [0, 0.05) is 25.7 Å². The highest BCUT2D eigenvalue weighted by atomic mass is 32.2. The van der Waals surface area contributed by atoms with E-state index in [9.17, 15) is 8.42 Å². The molecule has 1 N–H and O–H groups in total. The standard InChI is InChI=1S/C11H22N2O3S/c1-12-7-11-3-2-5-13(11)17(14,15)9-10-4-6-16-8-10/h10-12H,2-9H2,1H3. The third-order valence-corrected chi connectivity index (χ3v) is 5.68. The van der Waals surface area contributed by atoms with Gasteiger partial charge in [0.2, 0.25) is 10.0 Å². The smallest absolute Gasteiger partial charge is 0.214 e. The SMILES string of the molecule is CNCC1CCCN1S(=O)(=O)CC1CCOC1. The highest BCUT2D eigenvalue weighted by Gasteiger charge is 2.35. The van der Waals surface area contributed by atoms with Crippen LogP contribution in [0.2, 0.25) is 0 Å². The molecule has 2 fully saturated rings. The number of rotatable bonds is 5. The van der Waals surface area contributed by atoms with E-state index in [1.54, 1.807) is 4.31 Å². The first kappa shape index (κ1) is 13.3. The van der Waals surface area contributed by atoms with Crippen molar-refractivity contribution in [3.05, 3.63) is 0 Å². The molecule has 2 aliphatic rings. The van der Waals surface area contributed by atoms with E-state index < -0.39 is 10.0 Å². The number of nitrogens with zero attached hydrogens (tertiary/aromatic N) is 1. The van der Waals surface area contributed by atoms with Crippen molar-refractivity contribution in [1.82, 2.24) is 9.62 Å². The van der Waals surface area contributed by atoms with Gasteiger partial charge in [-0.05, 0) is 32.2 Å². The van der Waals surface area contributed by atoms with Crippen molar-refractivity contribution >= 4 is 10.0 Å². The fourth-order valence-electron chi connectivity index (χ4n) is 2.72. The molecule has 2 atom stereocenters. The van der Waals surface area contributed by atoms with E-state index in [2.05, 4.69) is 5.32 Å². The largest absolute Gasteiger partial charge is 0.381 e. The molecule has 2 heterocycles. The molecular formula is C11H22N2O3S. The van der Waals surface area contributed by atoms with E-state index in [4.69, 9.17) is 4.74 Å². The van der Waals surface area contributed by atoms with E-state index >= 15 is 0 Å². The maximum absolute atomic E-state index is 12.3. The molecule has 2 saturated heterocycles. The number of hydrogen-bond donors (Lipinski definition) is 1. The fraction of sp³-hybridized carbons (Fsp3) is 1.00. The molecule has 0 spiro atoms. The Hall–Kier alpha value is -0.170. The van der Waals surface area contributed by atoms with Crippen LogP contribution in [0.4, 0.5) is 0 Å². The Morgan fingerprint density at radius 2 is 2.24 bits per heavy atom. The van der Waals surface area contributed by atoms with E-state index in [-0.39, 0.29) is 17.7 Å². The van der Waals surface area contributed by atoms with Gasteiger partial charge in [0.05, 0.1) is 12.4 Å². The van der Waals surface area contributed by atoms with Gasteiger partial charge in [0.25, 0.3) is 0 Å². The minimum Gasteiger partial charge on any atom is -0.381 e. The van der Waals surface area contributed by atoms with E-state index in [1.807, 2.05) is 7.05 Å². The molecule has 5 nitrogen and oxygen atoms in total. The number of hydrogen-bond acceptors (Lipinski definition) is 4. The molecule has 0 saturated carbocycles. The fourth-order valence-corrected chi connectivity index (χ4v) is 4.81. The Morgan fingerprint density at radius 1 is 1.41 bits per heavy atom. The summed E-state index contributed by atoms with van der Waals surface area (Å²) in [6, 6.07) is 0.146. The van der Waals surface area contributed by atoms with Crippen LogP contribution in [0.1, 0.15) is 19.3 Å². The van der Waals surface area contributed by atoms with Crippen LogP contribution < -0.4 is 5.32 Å². The molecule has 100 valence electrons. The van der Waals surface area contributed by atoms with Crippen LogP contribution in [0.3, 0.4) is 0 Å². The maximum Gasteiger partial charge on any atom is 0.214 e. The molecule has 6 heteroatoms. The Morgan fingerprint density at radius 3 is 2.88 bits per heavy atom. The Balaban J connectivity index is 1.98. The summed E-state index contributed by atoms with van der Waals surface area (Å²) in [5.41, 5.74) is 0. The predicted molar refractivity (Wildman–Crippen MR) is 66.4 cm³/mol. The summed E-state index contributed by atoms with van der Waals surface area (Å²) in [7, 11) is -1.23. The van der Waals surface area contributed by atoms with Crippen molar-refractivity contribution in [2.24, 2.45) is 5.92 Å². The molecule has 2 aliphatic heterocycles. The van der Waals surface area contributed by atoms with Gasteiger partial charge in [-0.15, -0.1) is 0 Å². The molecular weight excluding hydrogens is 240 g/mol. The van der Waals surface area contributed by atoms with Crippen molar-refractivity contribution in [1.29, 1.82) is 0 Å². The van der Waals surface area contributed by atoms with E-state index in [0.29, 0.717) is 19.8 Å². The van der Waals surface area contributed by atoms with Gasteiger partial charge in [0.1, 0.15) is 0 Å². The molecule has 0 amide bonds. The van der Waals surface area contributed by atoms with Crippen LogP contribution in [0.25, 0.3) is 0 Å². The zero-order chi connectivity index (χ0) is 12.3. The second-order valence-electron chi connectivity index (χ2n) is 4.97. The van der Waals surface area contributed by atoms with Crippen molar-refractivity contribution in [2.75, 3.05) is 39.1 Å². The van der Waals surface area contributed by atoms with Gasteiger partial charge in [-0.2, -0.15) is 4.31 Å². The highest BCUT2D eigenvalue weighted by Crippen LogP contribution is 2.24. The third-order valence-electron chi connectivity index (χ3n) is 3.59. The zero-order valence-electron chi connectivity index (χ0n) is 10.4. The van der Waals surface area contributed by atoms with Gasteiger partial charge in [-0.25, -0.2) is 8.42 Å². The van der Waals surface area contributed by atoms with Crippen LogP contribution >= 0.6 is 0 Å². The second-order valence-corrected chi connectivity index (χ2v) is 6.94. The second kappa shape index (κ2) is 5.65. The first-order chi connectivity index (χ1) is 8.13. The minimum absolute atomic E-state index is 0.146. The Labute approximate surface area is 104 Å². The number of sulfonamides is 1. The maximum atomic E-state index is 12.3. The molecule has 0 aliphatic carbocycles. The van der Waals surface area contributed by atoms with Gasteiger partial charge >= 0.3 is 0 Å². The summed E-state index contributed by atoms with van der Waals surface area (Å²) >= 11 is 0. The van der Waals surface area contributed by atoms with E-state index in [0.717, 1.165) is 25.8 Å².